The van der Waals surface area contributed by atoms with Gasteiger partial charge in [-0.3, -0.25) is 4.98 Å². The van der Waals surface area contributed by atoms with Gasteiger partial charge in [0.25, 0.3) is 0 Å². The van der Waals surface area contributed by atoms with Crippen LogP contribution in [-0.2, 0) is 6.54 Å². The molecule has 0 radical (unpaired) electrons. The molecule has 1 N–H and O–H groups in total. The summed E-state index contributed by atoms with van der Waals surface area (Å²) in [7, 11) is 0. The maximum atomic E-state index is 12.1. The van der Waals surface area contributed by atoms with E-state index in [9.17, 15) is 5.11 Å². The van der Waals surface area contributed by atoms with Gasteiger partial charge in [-0.15, -0.1) is 6.58 Å². The molecule has 3 fully saturated rings. The normalized spacial score (nSPS) is 25.3. The Morgan fingerprint density at radius 3 is 2.29 bits per heavy atom. The number of para-hydroxylation sites is 1. The molecule has 38 heavy (non-hydrogen) atoms. The maximum absolute atomic E-state index is 12.1. The summed E-state index contributed by atoms with van der Waals surface area (Å²) in [6.45, 7) is 7.28. The molecule has 5 atom stereocenters. The number of halogens is 1. The number of pyridine rings is 1. The van der Waals surface area contributed by atoms with Crippen molar-refractivity contribution in [2.75, 3.05) is 13.1 Å². The first kappa shape index (κ1) is 25.1. The summed E-state index contributed by atoms with van der Waals surface area (Å²) in [6, 6.07) is 30.3. The van der Waals surface area contributed by atoms with Crippen molar-refractivity contribution in [3.8, 4) is 0 Å². The highest BCUT2D eigenvalue weighted by Gasteiger charge is 2.54. The fraction of sp³-hybridized carbons (Fsp3) is 0.265. The average molecular weight is 521 g/mol. The first-order valence-corrected chi connectivity index (χ1v) is 13.6. The number of benzene rings is 4. The van der Waals surface area contributed by atoms with Gasteiger partial charge in [-0.05, 0) is 51.2 Å². The van der Waals surface area contributed by atoms with Gasteiger partial charge in [-0.1, -0.05) is 72.8 Å². The summed E-state index contributed by atoms with van der Waals surface area (Å²) in [6.07, 6.45) is 5.72. The van der Waals surface area contributed by atoms with Crippen LogP contribution < -0.4 is 12.4 Å². The SMILES string of the molecule is C=CC1C[N+]2(Cc3c4ccccc4cc4ccccc34)CCC1C[C@@H]2[C@@H](O)c1ccnc2ccccc12.[Cl-]. The molecule has 5 aromatic rings. The molecule has 0 aliphatic carbocycles. The van der Waals surface area contributed by atoms with Gasteiger partial charge in [0.1, 0.15) is 18.7 Å². The molecule has 0 saturated carbocycles. The van der Waals surface area contributed by atoms with Crippen LogP contribution in [0.2, 0.25) is 0 Å². The Hall–Kier alpha value is -3.24. The van der Waals surface area contributed by atoms with Crippen LogP contribution in [0.25, 0.3) is 32.4 Å². The number of hydrogen-bond acceptors (Lipinski definition) is 2. The van der Waals surface area contributed by atoms with E-state index in [2.05, 4.69) is 78.3 Å². The van der Waals surface area contributed by atoms with Crippen LogP contribution in [-0.4, -0.2) is 33.7 Å². The van der Waals surface area contributed by atoms with Crippen LogP contribution in [0.4, 0.5) is 0 Å². The van der Waals surface area contributed by atoms with Gasteiger partial charge < -0.3 is 22.0 Å². The van der Waals surface area contributed by atoms with E-state index < -0.39 is 6.10 Å². The zero-order valence-corrected chi connectivity index (χ0v) is 22.3. The Balaban J connectivity index is 0.00000264. The summed E-state index contributed by atoms with van der Waals surface area (Å²) in [5.74, 6) is 1.09. The Bertz CT molecular complexity index is 1590. The van der Waals surface area contributed by atoms with Crippen molar-refractivity contribution in [3.63, 3.8) is 0 Å². The lowest BCUT2D eigenvalue weighted by atomic mass is 9.71. The molecule has 0 amide bonds. The lowest BCUT2D eigenvalue weighted by Crippen LogP contribution is -3.00. The number of aliphatic hydroxyl groups is 1. The third-order valence-corrected chi connectivity index (χ3v) is 9.40. The molecule has 3 saturated heterocycles. The third kappa shape index (κ3) is 3.92. The molecule has 192 valence electrons. The molecule has 4 aromatic carbocycles. The van der Waals surface area contributed by atoms with Crippen LogP contribution in [0.1, 0.15) is 30.1 Å². The largest absolute Gasteiger partial charge is 1.00 e. The van der Waals surface area contributed by atoms with Crippen molar-refractivity contribution in [1.82, 2.24) is 4.98 Å². The summed E-state index contributed by atoms with van der Waals surface area (Å²) < 4.78 is 0.906. The molecule has 2 bridgehead atoms. The number of nitrogens with zero attached hydrogens (tertiary/aromatic N) is 2. The molecule has 1 aromatic heterocycles. The van der Waals surface area contributed by atoms with Gasteiger partial charge in [0.05, 0.1) is 18.6 Å². The molecular weight excluding hydrogens is 488 g/mol. The molecule has 4 heterocycles. The number of aliphatic hydroxyl groups excluding tert-OH is 1. The first-order valence-electron chi connectivity index (χ1n) is 13.6. The fourth-order valence-electron chi connectivity index (χ4n) is 7.56. The van der Waals surface area contributed by atoms with E-state index in [1.807, 2.05) is 30.5 Å². The van der Waals surface area contributed by atoms with E-state index >= 15 is 0 Å². The molecular formula is C34H33ClN2O. The van der Waals surface area contributed by atoms with Crippen LogP contribution in [0.5, 0.6) is 0 Å². The van der Waals surface area contributed by atoms with Gasteiger partial charge in [-0.2, -0.15) is 0 Å². The van der Waals surface area contributed by atoms with Crippen molar-refractivity contribution in [1.29, 1.82) is 0 Å². The lowest BCUT2D eigenvalue weighted by Gasteiger charge is -2.58. The summed E-state index contributed by atoms with van der Waals surface area (Å²) in [5.41, 5.74) is 3.37. The zero-order valence-electron chi connectivity index (χ0n) is 21.5. The van der Waals surface area contributed by atoms with Crippen LogP contribution in [0.3, 0.4) is 0 Å². The van der Waals surface area contributed by atoms with E-state index in [0.717, 1.165) is 47.0 Å². The van der Waals surface area contributed by atoms with Crippen molar-refractivity contribution >= 4 is 32.4 Å². The van der Waals surface area contributed by atoms with Gasteiger partial charge in [0, 0.05) is 35.9 Å². The third-order valence-electron chi connectivity index (χ3n) is 9.40. The number of fused-ring (bicyclic) bond motifs is 6. The summed E-state index contributed by atoms with van der Waals surface area (Å²) in [5, 5.41) is 18.4. The molecule has 4 heteroatoms. The minimum Gasteiger partial charge on any atom is -1.00 e. The standard InChI is InChI=1S/C34H33N2O.ClH/c1-2-23-21-36(22-31-27-11-5-3-9-25(27)19-26-10-4-6-12-28(26)31)18-16-24(23)20-33(36)34(37)30-15-17-35-32-14-8-7-13-29(30)32;/h2-15,17,19,23-24,33-34,37H,1,16,18,20-22H2;1H/q+1;/p-1/t23?,24?,33-,34+,36?;/m1./s1. The van der Waals surface area contributed by atoms with Crippen molar-refractivity contribution in [2.24, 2.45) is 11.8 Å². The van der Waals surface area contributed by atoms with Crippen LogP contribution in [0, 0.1) is 11.8 Å². The Labute approximate surface area is 230 Å². The quantitative estimate of drug-likeness (QED) is 0.214. The second kappa shape index (κ2) is 9.81. The highest BCUT2D eigenvalue weighted by Crippen LogP contribution is 2.49. The number of aromatic nitrogens is 1. The highest BCUT2D eigenvalue weighted by molar-refractivity contribution is 6.02. The van der Waals surface area contributed by atoms with Gasteiger partial charge in [0.15, 0.2) is 0 Å². The summed E-state index contributed by atoms with van der Waals surface area (Å²) in [4.78, 5) is 4.57. The maximum Gasteiger partial charge on any atom is 0.131 e. The second-order valence-corrected chi connectivity index (χ2v) is 11.2. The zero-order chi connectivity index (χ0) is 25.0. The number of hydrogen-bond donors (Lipinski definition) is 1. The minimum absolute atomic E-state index is 0. The Kier molecular flexibility index (Phi) is 6.47. The van der Waals surface area contributed by atoms with E-state index in [0.29, 0.717) is 11.8 Å². The van der Waals surface area contributed by atoms with E-state index in [1.54, 1.807) is 0 Å². The van der Waals surface area contributed by atoms with Gasteiger partial charge >= 0.3 is 0 Å². The number of quaternary nitrogens is 1. The Morgan fingerprint density at radius 2 is 1.58 bits per heavy atom. The lowest BCUT2D eigenvalue weighted by molar-refractivity contribution is -0.984. The van der Waals surface area contributed by atoms with Crippen LogP contribution >= 0.6 is 0 Å². The van der Waals surface area contributed by atoms with Crippen molar-refractivity contribution < 1.29 is 22.0 Å². The smallest absolute Gasteiger partial charge is 0.131 e. The average Bonchev–Trinajstić information content (AvgIpc) is 2.96. The molecule has 8 rings (SSSR count). The monoisotopic (exact) mass is 520 g/mol. The molecule has 3 aliphatic rings. The molecule has 3 nitrogen and oxygen atoms in total. The van der Waals surface area contributed by atoms with E-state index in [1.165, 1.54) is 33.5 Å². The molecule has 3 unspecified atom stereocenters. The minimum atomic E-state index is -0.539. The number of piperidine rings is 3. The van der Waals surface area contributed by atoms with E-state index in [-0.39, 0.29) is 18.4 Å². The topological polar surface area (TPSA) is 33.1 Å². The Morgan fingerprint density at radius 1 is 0.921 bits per heavy atom. The first-order chi connectivity index (χ1) is 18.2. The van der Waals surface area contributed by atoms with Crippen molar-refractivity contribution in [3.05, 3.63) is 115 Å². The predicted octanol–water partition coefficient (Wildman–Crippen LogP) is 4.19. The van der Waals surface area contributed by atoms with Crippen LogP contribution in [0.15, 0.2) is 104 Å². The second-order valence-electron chi connectivity index (χ2n) is 11.2. The van der Waals surface area contributed by atoms with E-state index in [4.69, 9.17) is 0 Å². The molecule has 3 aliphatic heterocycles. The number of rotatable bonds is 5. The van der Waals surface area contributed by atoms with Gasteiger partial charge in [0.2, 0.25) is 0 Å². The van der Waals surface area contributed by atoms with Gasteiger partial charge in [-0.25, -0.2) is 0 Å². The fourth-order valence-corrected chi connectivity index (χ4v) is 7.56. The predicted molar refractivity (Wildman–Crippen MR) is 152 cm³/mol. The van der Waals surface area contributed by atoms with Crippen molar-refractivity contribution in [2.45, 2.75) is 31.5 Å². The highest BCUT2D eigenvalue weighted by atomic mass is 35.5. The molecule has 0 spiro atoms. The summed E-state index contributed by atoms with van der Waals surface area (Å²) >= 11 is 0.